The van der Waals surface area contributed by atoms with Crippen LogP contribution in [-0.4, -0.2) is 9.55 Å². The number of rotatable bonds is 3. The van der Waals surface area contributed by atoms with Crippen LogP contribution in [0.2, 0.25) is 0 Å². The van der Waals surface area contributed by atoms with Crippen LogP contribution in [0.5, 0.6) is 0 Å². The molecule has 0 aliphatic carbocycles. The van der Waals surface area contributed by atoms with Crippen LogP contribution in [0.4, 0.5) is 0 Å². The summed E-state index contributed by atoms with van der Waals surface area (Å²) in [5, 5.41) is 9.67. The highest BCUT2D eigenvalue weighted by Gasteiger charge is 2.22. The number of nitrogens with zero attached hydrogens (tertiary/aromatic N) is 2. The van der Waals surface area contributed by atoms with E-state index >= 15 is 0 Å². The van der Waals surface area contributed by atoms with E-state index in [9.17, 15) is 0 Å². The Morgan fingerprint density at radius 3 is 2.06 bits per heavy atom. The van der Waals surface area contributed by atoms with Crippen LogP contribution in [0.25, 0.3) is 103 Å². The maximum Gasteiger partial charge on any atom is 0.227 e. The Labute approximate surface area is 284 Å². The summed E-state index contributed by atoms with van der Waals surface area (Å²) in [5.41, 5.74) is 8.35. The van der Waals surface area contributed by atoms with Crippen molar-refractivity contribution in [3.8, 4) is 28.3 Å². The molecule has 3 aromatic heterocycles. The lowest BCUT2D eigenvalue weighted by Crippen LogP contribution is -1.93. The molecule has 11 aromatic rings. The Balaban J connectivity index is 1.23. The molecule has 0 radical (unpaired) electrons. The van der Waals surface area contributed by atoms with Gasteiger partial charge in [-0.1, -0.05) is 109 Å². The molecule has 0 unspecified atom stereocenters. The lowest BCUT2D eigenvalue weighted by molar-refractivity contribution is 0.623. The highest BCUT2D eigenvalue weighted by molar-refractivity contribution is 7.26. The molecule has 0 N–H and O–H groups in total. The van der Waals surface area contributed by atoms with E-state index in [1.165, 1.54) is 52.6 Å². The maximum atomic E-state index is 6.95. The molecular weight excluding hydrogens is 617 g/mol. The second-order valence-corrected chi connectivity index (χ2v) is 13.8. The van der Waals surface area contributed by atoms with Crippen molar-refractivity contribution < 1.29 is 4.42 Å². The predicted molar refractivity (Wildman–Crippen MR) is 207 cm³/mol. The molecule has 8 aromatic carbocycles. The predicted octanol–water partition coefficient (Wildman–Crippen LogP) is 12.9. The van der Waals surface area contributed by atoms with E-state index < -0.39 is 0 Å². The summed E-state index contributed by atoms with van der Waals surface area (Å²) in [6, 6.07) is 56.4. The van der Waals surface area contributed by atoms with Crippen molar-refractivity contribution in [1.82, 2.24) is 9.55 Å². The number of hydrogen-bond donors (Lipinski definition) is 0. The lowest BCUT2D eigenvalue weighted by atomic mass is 9.92. The molecule has 3 heterocycles. The largest absolute Gasteiger partial charge is 0.435 e. The van der Waals surface area contributed by atoms with Crippen LogP contribution in [0, 0.1) is 0 Å². The molecule has 11 rings (SSSR count). The number of oxazole rings is 1. The van der Waals surface area contributed by atoms with Gasteiger partial charge in [-0.15, -0.1) is 11.3 Å². The van der Waals surface area contributed by atoms with Gasteiger partial charge in [-0.3, -0.25) is 0 Å². The summed E-state index contributed by atoms with van der Waals surface area (Å²) >= 11 is 1.81. The third-order valence-electron chi connectivity index (χ3n) is 10.0. The molecular formula is C45H26N2OS. The van der Waals surface area contributed by atoms with Crippen LogP contribution in [0.3, 0.4) is 0 Å². The fraction of sp³-hybridized carbons (Fsp3) is 0. The normalized spacial score (nSPS) is 12.1. The second-order valence-electron chi connectivity index (χ2n) is 12.7. The number of aromatic nitrogens is 2. The second kappa shape index (κ2) is 10.1. The smallest absolute Gasteiger partial charge is 0.227 e. The summed E-state index contributed by atoms with van der Waals surface area (Å²) in [7, 11) is 0. The fourth-order valence-corrected chi connectivity index (χ4v) is 8.98. The first-order valence-electron chi connectivity index (χ1n) is 16.5. The van der Waals surface area contributed by atoms with E-state index in [0.717, 1.165) is 44.4 Å². The van der Waals surface area contributed by atoms with Crippen LogP contribution in [0.15, 0.2) is 162 Å². The maximum absolute atomic E-state index is 6.95. The molecule has 0 aliphatic rings. The number of fused-ring (bicyclic) bond motifs is 11. The molecule has 0 aliphatic heterocycles. The number of hydrogen-bond acceptors (Lipinski definition) is 3. The minimum atomic E-state index is 0.621. The van der Waals surface area contributed by atoms with Gasteiger partial charge in [-0.2, -0.15) is 0 Å². The zero-order chi connectivity index (χ0) is 32.1. The summed E-state index contributed by atoms with van der Waals surface area (Å²) in [6.07, 6.45) is 0. The number of para-hydroxylation sites is 2. The van der Waals surface area contributed by atoms with E-state index in [2.05, 4.69) is 162 Å². The van der Waals surface area contributed by atoms with E-state index in [1.54, 1.807) is 0 Å². The highest BCUT2D eigenvalue weighted by Crippen LogP contribution is 2.46. The molecule has 0 bridgehead atoms. The van der Waals surface area contributed by atoms with Gasteiger partial charge in [0.25, 0.3) is 0 Å². The van der Waals surface area contributed by atoms with Crippen molar-refractivity contribution >= 4 is 86.0 Å². The zero-order valence-corrected chi connectivity index (χ0v) is 27.0. The molecule has 0 saturated carbocycles. The Morgan fingerprint density at radius 2 is 1.18 bits per heavy atom. The Morgan fingerprint density at radius 1 is 0.490 bits per heavy atom. The summed E-state index contributed by atoms with van der Waals surface area (Å²) < 4.78 is 11.7. The molecule has 3 nitrogen and oxygen atoms in total. The van der Waals surface area contributed by atoms with Gasteiger partial charge < -0.3 is 8.98 Å². The fourth-order valence-electron chi connectivity index (χ4n) is 7.84. The van der Waals surface area contributed by atoms with Crippen LogP contribution in [-0.2, 0) is 0 Å². The van der Waals surface area contributed by atoms with Gasteiger partial charge in [0.2, 0.25) is 5.89 Å². The van der Waals surface area contributed by atoms with Crippen LogP contribution < -0.4 is 0 Å². The van der Waals surface area contributed by atoms with Crippen LogP contribution >= 0.6 is 11.3 Å². The van der Waals surface area contributed by atoms with E-state index in [-0.39, 0.29) is 0 Å². The minimum absolute atomic E-state index is 0.621. The molecule has 4 heteroatoms. The Kier molecular flexibility index (Phi) is 5.54. The SMILES string of the molecule is c1ccc(-n2c3ccccc3c3ccc(-c4nc5c(-c6cc7ccccc7c7ccccc67)cc6sc7ccccc7c6c5o4)cc32)cc1. The van der Waals surface area contributed by atoms with E-state index in [1.807, 2.05) is 11.3 Å². The summed E-state index contributed by atoms with van der Waals surface area (Å²) in [6.45, 7) is 0. The topological polar surface area (TPSA) is 31.0 Å². The van der Waals surface area contributed by atoms with Crippen molar-refractivity contribution in [2.45, 2.75) is 0 Å². The first-order chi connectivity index (χ1) is 24.3. The summed E-state index contributed by atoms with van der Waals surface area (Å²) in [5.74, 6) is 0.621. The van der Waals surface area contributed by atoms with Crippen LogP contribution in [0.1, 0.15) is 0 Å². The van der Waals surface area contributed by atoms with Gasteiger partial charge in [0.1, 0.15) is 5.52 Å². The van der Waals surface area contributed by atoms with Gasteiger partial charge >= 0.3 is 0 Å². The van der Waals surface area contributed by atoms with Gasteiger partial charge in [-0.25, -0.2) is 4.98 Å². The van der Waals surface area contributed by atoms with Crippen molar-refractivity contribution in [1.29, 1.82) is 0 Å². The average molecular weight is 643 g/mol. The van der Waals surface area contributed by atoms with Gasteiger partial charge in [0, 0.05) is 47.8 Å². The quantitative estimate of drug-likeness (QED) is 0.180. The van der Waals surface area contributed by atoms with Gasteiger partial charge in [-0.05, 0) is 75.6 Å². The number of benzene rings is 8. The average Bonchev–Trinajstić information content (AvgIpc) is 3.86. The van der Waals surface area contributed by atoms with Crippen molar-refractivity contribution in [2.24, 2.45) is 0 Å². The Bertz CT molecular complexity index is 3110. The summed E-state index contributed by atoms with van der Waals surface area (Å²) in [4.78, 5) is 5.37. The number of thiophene rings is 1. The van der Waals surface area contributed by atoms with Crippen molar-refractivity contribution in [3.05, 3.63) is 158 Å². The van der Waals surface area contributed by atoms with Gasteiger partial charge in [0.15, 0.2) is 5.58 Å². The van der Waals surface area contributed by atoms with Crippen molar-refractivity contribution in [2.75, 3.05) is 0 Å². The molecule has 49 heavy (non-hydrogen) atoms. The molecule has 228 valence electrons. The molecule has 0 saturated heterocycles. The van der Waals surface area contributed by atoms with E-state index in [0.29, 0.717) is 5.89 Å². The molecule has 0 fully saturated rings. The Hall–Kier alpha value is -6.23. The monoisotopic (exact) mass is 642 g/mol. The van der Waals surface area contributed by atoms with Crippen molar-refractivity contribution in [3.63, 3.8) is 0 Å². The van der Waals surface area contributed by atoms with Gasteiger partial charge in [0.05, 0.1) is 11.0 Å². The zero-order valence-electron chi connectivity index (χ0n) is 26.2. The van der Waals surface area contributed by atoms with E-state index in [4.69, 9.17) is 9.40 Å². The highest BCUT2D eigenvalue weighted by atomic mass is 32.1. The molecule has 0 spiro atoms. The standard InChI is InChI=1S/C45H26N2OS/c1-2-13-29(14-3-1)47-38-20-10-8-18-33(38)34-23-22-28(25-39(34)47)45-46-43-37(26-41-42(44(43)48-45)35-19-9-11-21-40(35)49-41)36-24-27-12-4-5-15-30(27)31-16-6-7-17-32(31)36/h1-26H. The third kappa shape index (κ3) is 3.86. The first-order valence-corrected chi connectivity index (χ1v) is 17.4. The molecule has 0 amide bonds. The third-order valence-corrected chi connectivity index (χ3v) is 11.1. The molecule has 0 atom stereocenters. The minimum Gasteiger partial charge on any atom is -0.435 e. The lowest BCUT2D eigenvalue weighted by Gasteiger charge is -2.11. The first kappa shape index (κ1) is 26.8.